The predicted molar refractivity (Wildman–Crippen MR) is 227 cm³/mol. The largest absolute Gasteiger partial charge is 0.252 e. The van der Waals surface area contributed by atoms with Crippen molar-refractivity contribution in [3.8, 4) is 44.5 Å². The fraction of sp³-hybridized carbons (Fsp3) is 0. The van der Waals surface area contributed by atoms with Gasteiger partial charge in [0.15, 0.2) is 0 Å². The van der Waals surface area contributed by atoms with Crippen LogP contribution in [0.3, 0.4) is 0 Å². The van der Waals surface area contributed by atoms with E-state index in [9.17, 15) is 0 Å². The fourth-order valence-corrected chi connectivity index (χ4v) is 9.35. The molecule has 0 amide bonds. The van der Waals surface area contributed by atoms with E-state index in [-0.39, 0.29) is 0 Å². The molecule has 2 heterocycles. The van der Waals surface area contributed by atoms with E-state index in [2.05, 4.69) is 170 Å². The van der Waals surface area contributed by atoms with Crippen molar-refractivity contribution < 1.29 is 0 Å². The molecule has 11 aromatic rings. The fourth-order valence-electron chi connectivity index (χ4n) is 8.11. The lowest BCUT2D eigenvalue weighted by molar-refractivity contribution is 1.31. The van der Waals surface area contributed by atoms with Crippen LogP contribution in [-0.2, 0) is 0 Å². The lowest BCUT2D eigenvalue weighted by Crippen LogP contribution is -1.89. The molecule has 2 aromatic heterocycles. The van der Waals surface area contributed by atoms with Gasteiger partial charge in [-0.3, -0.25) is 9.97 Å². The molecular formula is C50H30N2S. The van der Waals surface area contributed by atoms with Gasteiger partial charge in [0.25, 0.3) is 0 Å². The van der Waals surface area contributed by atoms with Gasteiger partial charge in [-0.25, -0.2) is 0 Å². The van der Waals surface area contributed by atoms with Crippen molar-refractivity contribution in [2.45, 2.75) is 0 Å². The van der Waals surface area contributed by atoms with Crippen LogP contribution < -0.4 is 0 Å². The van der Waals surface area contributed by atoms with Crippen LogP contribution in [0.2, 0.25) is 0 Å². The topological polar surface area (TPSA) is 25.8 Å². The van der Waals surface area contributed by atoms with Crippen molar-refractivity contribution in [2.24, 2.45) is 0 Å². The van der Waals surface area contributed by atoms with Crippen LogP contribution in [0.4, 0.5) is 0 Å². The average molecular weight is 691 g/mol. The summed E-state index contributed by atoms with van der Waals surface area (Å²) in [6.07, 6.45) is 3.57. The van der Waals surface area contributed by atoms with Crippen LogP contribution >= 0.6 is 11.3 Å². The molecular weight excluding hydrogens is 661 g/mol. The van der Waals surface area contributed by atoms with Gasteiger partial charge in [0.2, 0.25) is 0 Å². The van der Waals surface area contributed by atoms with Crippen LogP contribution in [0, 0.1) is 0 Å². The van der Waals surface area contributed by atoms with E-state index in [1.54, 1.807) is 12.4 Å². The Morgan fingerprint density at radius 3 is 1.62 bits per heavy atom. The summed E-state index contributed by atoms with van der Waals surface area (Å²) in [7, 11) is 0. The van der Waals surface area contributed by atoms with E-state index >= 15 is 0 Å². The van der Waals surface area contributed by atoms with Crippen molar-refractivity contribution in [3.05, 3.63) is 182 Å². The molecule has 0 saturated carbocycles. The Morgan fingerprint density at radius 2 is 0.849 bits per heavy atom. The molecule has 0 spiro atoms. The second-order valence-electron chi connectivity index (χ2n) is 13.8. The van der Waals surface area contributed by atoms with Gasteiger partial charge in [0, 0.05) is 43.3 Å². The van der Waals surface area contributed by atoms with Crippen molar-refractivity contribution >= 4 is 74.9 Å². The van der Waals surface area contributed by atoms with Crippen molar-refractivity contribution in [3.63, 3.8) is 0 Å². The van der Waals surface area contributed by atoms with Gasteiger partial charge in [-0.2, -0.15) is 0 Å². The third-order valence-corrected chi connectivity index (χ3v) is 12.0. The number of benzene rings is 9. The van der Waals surface area contributed by atoms with Gasteiger partial charge in [-0.15, -0.1) is 11.3 Å². The molecule has 0 N–H and O–H groups in total. The number of aromatic nitrogens is 2. The van der Waals surface area contributed by atoms with Gasteiger partial charge < -0.3 is 0 Å². The maximum atomic E-state index is 4.78. The molecule has 0 saturated heterocycles. The lowest BCUT2D eigenvalue weighted by Gasteiger charge is -2.12. The molecule has 0 aliphatic heterocycles. The summed E-state index contributed by atoms with van der Waals surface area (Å²) in [5, 5.41) is 9.79. The van der Waals surface area contributed by atoms with Crippen LogP contribution in [-0.4, -0.2) is 9.97 Å². The van der Waals surface area contributed by atoms with Crippen LogP contribution in [0.25, 0.3) is 108 Å². The molecule has 2 nitrogen and oxygen atoms in total. The van der Waals surface area contributed by atoms with Crippen molar-refractivity contribution in [2.75, 3.05) is 0 Å². The van der Waals surface area contributed by atoms with Crippen molar-refractivity contribution in [1.29, 1.82) is 0 Å². The predicted octanol–water partition coefficient (Wildman–Crippen LogP) is 14.1. The first kappa shape index (κ1) is 30.0. The minimum Gasteiger partial charge on any atom is -0.252 e. The monoisotopic (exact) mass is 690 g/mol. The van der Waals surface area contributed by atoms with Gasteiger partial charge in [0.1, 0.15) is 0 Å². The Bertz CT molecular complexity index is 3190. The molecule has 3 heteroatoms. The molecule has 0 atom stereocenters. The highest BCUT2D eigenvalue weighted by Crippen LogP contribution is 2.41. The second-order valence-corrected chi connectivity index (χ2v) is 14.8. The molecule has 53 heavy (non-hydrogen) atoms. The minimum atomic E-state index is 0.939. The van der Waals surface area contributed by atoms with Gasteiger partial charge in [0.05, 0.1) is 11.0 Å². The van der Waals surface area contributed by atoms with E-state index in [0.29, 0.717) is 0 Å². The maximum Gasteiger partial charge on any atom is 0.0971 e. The first-order valence-electron chi connectivity index (χ1n) is 18.0. The zero-order chi connectivity index (χ0) is 34.9. The van der Waals surface area contributed by atoms with E-state index in [4.69, 9.17) is 9.97 Å². The van der Waals surface area contributed by atoms with E-state index < -0.39 is 0 Å². The first-order chi connectivity index (χ1) is 26.2. The quantitative estimate of drug-likeness (QED) is 0.172. The second kappa shape index (κ2) is 11.9. The number of fused-ring (bicyclic) bond motifs is 10. The summed E-state index contributed by atoms with van der Waals surface area (Å²) >= 11 is 1.88. The van der Waals surface area contributed by atoms with E-state index in [1.807, 2.05) is 11.3 Å². The van der Waals surface area contributed by atoms with Crippen LogP contribution in [0.15, 0.2) is 182 Å². The molecule has 0 aliphatic rings. The highest BCUT2D eigenvalue weighted by atomic mass is 32.1. The van der Waals surface area contributed by atoms with Gasteiger partial charge >= 0.3 is 0 Å². The first-order valence-corrected chi connectivity index (χ1v) is 18.8. The van der Waals surface area contributed by atoms with Crippen LogP contribution in [0.5, 0.6) is 0 Å². The zero-order valence-corrected chi connectivity index (χ0v) is 29.4. The Labute approximate surface area is 310 Å². The molecule has 9 aromatic carbocycles. The smallest absolute Gasteiger partial charge is 0.0971 e. The summed E-state index contributed by atoms with van der Waals surface area (Å²) in [5.74, 6) is 0. The number of hydrogen-bond donors (Lipinski definition) is 0. The van der Waals surface area contributed by atoms with E-state index in [0.717, 1.165) is 21.8 Å². The number of nitrogens with zero attached hydrogens (tertiary/aromatic N) is 2. The lowest BCUT2D eigenvalue weighted by atomic mass is 9.93. The Morgan fingerprint density at radius 1 is 0.321 bits per heavy atom. The number of thiophene rings is 1. The molecule has 11 rings (SSSR count). The highest BCUT2D eigenvalue weighted by Gasteiger charge is 2.13. The third kappa shape index (κ3) is 4.93. The normalized spacial score (nSPS) is 11.8. The highest BCUT2D eigenvalue weighted by molar-refractivity contribution is 7.26. The molecule has 0 aliphatic carbocycles. The van der Waals surface area contributed by atoms with E-state index in [1.165, 1.54) is 86.2 Å². The Kier molecular flexibility index (Phi) is 6.76. The Balaban J connectivity index is 0.911. The summed E-state index contributed by atoms with van der Waals surface area (Å²) in [4.78, 5) is 9.52. The van der Waals surface area contributed by atoms with Crippen molar-refractivity contribution in [1.82, 2.24) is 9.97 Å². The summed E-state index contributed by atoms with van der Waals surface area (Å²) in [6, 6.07) is 62.1. The standard InChI is InChI=1S/C50H30N2S/c1-2-11-44-41(9-1)42-24-23-39(30-46(42)49-48(44)51-25-26-52-49)34-8-5-7-33(27-34)36-21-22-37-28-35(19-20-38(37)29-36)31-15-17-32(18-16-31)40-12-6-13-45-43-10-3-4-14-47(43)53-50(40)45/h1-30H. The molecule has 0 bridgehead atoms. The molecule has 246 valence electrons. The van der Waals surface area contributed by atoms with Gasteiger partial charge in [-0.1, -0.05) is 140 Å². The average Bonchev–Trinajstić information content (AvgIpc) is 3.62. The third-order valence-electron chi connectivity index (χ3n) is 10.7. The van der Waals surface area contributed by atoms with Crippen LogP contribution in [0.1, 0.15) is 0 Å². The minimum absolute atomic E-state index is 0.939. The molecule has 0 unspecified atom stereocenters. The SMILES string of the molecule is c1cc(-c2ccc3cc(-c4ccc(-c5cccc6c5sc5ccccc56)cc4)ccc3c2)cc(-c2ccc3c4ccccc4c4nccnc4c3c2)c1. The Hall–Kier alpha value is -6.68. The zero-order valence-electron chi connectivity index (χ0n) is 28.6. The summed E-state index contributed by atoms with van der Waals surface area (Å²) in [6.45, 7) is 0. The van der Waals surface area contributed by atoms with Gasteiger partial charge in [-0.05, 0) is 96.4 Å². The molecule has 0 fully saturated rings. The number of rotatable bonds is 4. The molecule has 0 radical (unpaired) electrons. The summed E-state index contributed by atoms with van der Waals surface area (Å²) in [5.41, 5.74) is 11.6. The summed E-state index contributed by atoms with van der Waals surface area (Å²) < 4.78 is 2.69. The maximum absolute atomic E-state index is 4.78. The number of hydrogen-bond acceptors (Lipinski definition) is 3.